The highest BCUT2D eigenvalue weighted by Crippen LogP contribution is 2.27. The van der Waals surface area contributed by atoms with Crippen LogP contribution in [-0.2, 0) is 6.61 Å². The standard InChI is InChI=1S/C24H24ClNO3/c1-4-28-21-13-12-18(24(27)26-23-16(2)8-7-9-17(23)3)14-19(21)15-29-22-11-6-5-10-20(22)25/h5-14H,4,15H2,1-3H3,(H,26,27). The molecule has 0 aliphatic rings. The van der Waals surface area contributed by atoms with E-state index in [0.717, 1.165) is 22.4 Å². The number of ether oxygens (including phenoxy) is 2. The normalized spacial score (nSPS) is 10.5. The molecular formula is C24H24ClNO3. The highest BCUT2D eigenvalue weighted by Gasteiger charge is 2.14. The number of halogens is 1. The van der Waals surface area contributed by atoms with Crippen LogP contribution in [0.2, 0.25) is 5.02 Å². The smallest absolute Gasteiger partial charge is 0.255 e. The van der Waals surface area contributed by atoms with Crippen LogP contribution in [0, 0.1) is 13.8 Å². The van der Waals surface area contributed by atoms with E-state index in [2.05, 4.69) is 5.32 Å². The molecule has 4 nitrogen and oxygen atoms in total. The maximum atomic E-state index is 12.9. The number of hydrogen-bond acceptors (Lipinski definition) is 3. The molecule has 0 fully saturated rings. The Hall–Kier alpha value is -2.98. The topological polar surface area (TPSA) is 47.6 Å². The number of hydrogen-bond donors (Lipinski definition) is 1. The molecule has 29 heavy (non-hydrogen) atoms. The number of carbonyl (C=O) groups is 1. The van der Waals surface area contributed by atoms with Crippen molar-refractivity contribution in [2.75, 3.05) is 11.9 Å². The van der Waals surface area contributed by atoms with Crippen molar-refractivity contribution in [3.63, 3.8) is 0 Å². The summed E-state index contributed by atoms with van der Waals surface area (Å²) in [6.45, 7) is 6.63. The summed E-state index contributed by atoms with van der Waals surface area (Å²) in [5.41, 5.74) is 4.19. The van der Waals surface area contributed by atoms with E-state index >= 15 is 0 Å². The van der Waals surface area contributed by atoms with Gasteiger partial charge in [-0.2, -0.15) is 0 Å². The molecule has 0 unspecified atom stereocenters. The maximum Gasteiger partial charge on any atom is 0.255 e. The van der Waals surface area contributed by atoms with E-state index in [-0.39, 0.29) is 12.5 Å². The van der Waals surface area contributed by atoms with Gasteiger partial charge in [-0.05, 0) is 62.2 Å². The molecule has 0 bridgehead atoms. The third kappa shape index (κ3) is 5.09. The first-order valence-electron chi connectivity index (χ1n) is 9.50. The summed E-state index contributed by atoms with van der Waals surface area (Å²) in [5.74, 6) is 1.09. The van der Waals surface area contributed by atoms with Crippen molar-refractivity contribution in [1.29, 1.82) is 0 Å². The summed E-state index contributed by atoms with van der Waals surface area (Å²) >= 11 is 6.17. The maximum absolute atomic E-state index is 12.9. The number of rotatable bonds is 7. The van der Waals surface area contributed by atoms with Crippen molar-refractivity contribution >= 4 is 23.2 Å². The number of nitrogens with one attached hydrogen (secondary N) is 1. The highest BCUT2D eigenvalue weighted by molar-refractivity contribution is 6.32. The van der Waals surface area contributed by atoms with E-state index in [0.29, 0.717) is 28.7 Å². The van der Waals surface area contributed by atoms with Gasteiger partial charge < -0.3 is 14.8 Å². The number of benzene rings is 3. The Labute approximate surface area is 176 Å². The number of amides is 1. The van der Waals surface area contributed by atoms with Crippen molar-refractivity contribution in [2.45, 2.75) is 27.4 Å². The predicted molar refractivity (Wildman–Crippen MR) is 117 cm³/mol. The van der Waals surface area contributed by atoms with Gasteiger partial charge in [-0.3, -0.25) is 4.79 Å². The van der Waals surface area contributed by atoms with Gasteiger partial charge in [-0.1, -0.05) is 41.9 Å². The Morgan fingerprint density at radius 2 is 1.66 bits per heavy atom. The van der Waals surface area contributed by atoms with Crippen LogP contribution in [-0.4, -0.2) is 12.5 Å². The molecule has 0 aliphatic heterocycles. The zero-order chi connectivity index (χ0) is 20.8. The SMILES string of the molecule is CCOc1ccc(C(=O)Nc2c(C)cccc2C)cc1COc1ccccc1Cl. The van der Waals surface area contributed by atoms with Crippen LogP contribution in [0.25, 0.3) is 0 Å². The van der Waals surface area contributed by atoms with Crippen LogP contribution in [0.1, 0.15) is 34.0 Å². The zero-order valence-electron chi connectivity index (χ0n) is 16.8. The average molecular weight is 410 g/mol. The second-order valence-corrected chi connectivity index (χ2v) is 7.10. The fraction of sp³-hybridized carbons (Fsp3) is 0.208. The quantitative estimate of drug-likeness (QED) is 0.506. The lowest BCUT2D eigenvalue weighted by atomic mass is 10.1. The molecule has 0 spiro atoms. The van der Waals surface area contributed by atoms with E-state index in [9.17, 15) is 4.79 Å². The van der Waals surface area contributed by atoms with Crippen LogP contribution in [0.3, 0.4) is 0 Å². The molecule has 0 atom stereocenters. The molecule has 0 saturated carbocycles. The molecule has 1 amide bonds. The Morgan fingerprint density at radius 3 is 2.34 bits per heavy atom. The highest BCUT2D eigenvalue weighted by atomic mass is 35.5. The van der Waals surface area contributed by atoms with E-state index in [1.807, 2.05) is 51.1 Å². The van der Waals surface area contributed by atoms with Gasteiger partial charge in [0.05, 0.1) is 11.6 Å². The summed E-state index contributed by atoms with van der Waals surface area (Å²) < 4.78 is 11.6. The van der Waals surface area contributed by atoms with Crippen LogP contribution in [0.15, 0.2) is 60.7 Å². The first-order chi connectivity index (χ1) is 14.0. The molecule has 0 saturated heterocycles. The first kappa shape index (κ1) is 20.7. The van der Waals surface area contributed by atoms with Gasteiger partial charge in [0.15, 0.2) is 0 Å². The van der Waals surface area contributed by atoms with E-state index < -0.39 is 0 Å². The van der Waals surface area contributed by atoms with Gasteiger partial charge in [0, 0.05) is 16.8 Å². The zero-order valence-corrected chi connectivity index (χ0v) is 17.5. The molecule has 0 aromatic heterocycles. The van der Waals surface area contributed by atoms with Crippen molar-refractivity contribution < 1.29 is 14.3 Å². The van der Waals surface area contributed by atoms with Gasteiger partial charge in [-0.25, -0.2) is 0 Å². The van der Waals surface area contributed by atoms with Gasteiger partial charge in [0.2, 0.25) is 0 Å². The van der Waals surface area contributed by atoms with Crippen LogP contribution >= 0.6 is 11.6 Å². The number of carbonyl (C=O) groups excluding carboxylic acids is 1. The van der Waals surface area contributed by atoms with E-state index in [1.54, 1.807) is 30.3 Å². The predicted octanol–water partition coefficient (Wildman–Crippen LogP) is 6.19. The summed E-state index contributed by atoms with van der Waals surface area (Å²) in [7, 11) is 0. The largest absolute Gasteiger partial charge is 0.493 e. The number of aryl methyl sites for hydroxylation is 2. The molecule has 3 aromatic carbocycles. The fourth-order valence-corrected chi connectivity index (χ4v) is 3.23. The third-order valence-electron chi connectivity index (χ3n) is 4.56. The summed E-state index contributed by atoms with van der Waals surface area (Å²) in [6, 6.07) is 18.6. The van der Waals surface area contributed by atoms with Crippen LogP contribution < -0.4 is 14.8 Å². The Morgan fingerprint density at radius 1 is 0.931 bits per heavy atom. The minimum atomic E-state index is -0.176. The molecule has 0 heterocycles. The lowest BCUT2D eigenvalue weighted by Gasteiger charge is -2.15. The number of para-hydroxylation sites is 2. The Bertz CT molecular complexity index is 997. The summed E-state index contributed by atoms with van der Waals surface area (Å²) in [6.07, 6.45) is 0. The van der Waals surface area contributed by atoms with E-state index in [4.69, 9.17) is 21.1 Å². The summed E-state index contributed by atoms with van der Waals surface area (Å²) in [4.78, 5) is 12.9. The third-order valence-corrected chi connectivity index (χ3v) is 4.87. The van der Waals surface area contributed by atoms with Crippen LogP contribution in [0.4, 0.5) is 5.69 Å². The second kappa shape index (κ2) is 9.48. The van der Waals surface area contributed by atoms with Gasteiger partial charge in [0.1, 0.15) is 18.1 Å². The first-order valence-corrected chi connectivity index (χ1v) is 9.88. The minimum Gasteiger partial charge on any atom is -0.493 e. The average Bonchev–Trinajstić information content (AvgIpc) is 2.71. The van der Waals surface area contributed by atoms with E-state index in [1.165, 1.54) is 0 Å². The monoisotopic (exact) mass is 409 g/mol. The minimum absolute atomic E-state index is 0.176. The molecule has 1 N–H and O–H groups in total. The fourth-order valence-electron chi connectivity index (χ4n) is 3.04. The molecule has 0 aliphatic carbocycles. The van der Waals surface area contributed by atoms with Crippen molar-refractivity contribution in [2.24, 2.45) is 0 Å². The van der Waals surface area contributed by atoms with Crippen LogP contribution in [0.5, 0.6) is 11.5 Å². The van der Waals surface area contributed by atoms with Crippen molar-refractivity contribution in [3.05, 3.63) is 87.9 Å². The molecule has 3 rings (SSSR count). The lowest BCUT2D eigenvalue weighted by molar-refractivity contribution is 0.102. The van der Waals surface area contributed by atoms with Gasteiger partial charge in [-0.15, -0.1) is 0 Å². The van der Waals surface area contributed by atoms with Gasteiger partial charge >= 0.3 is 0 Å². The Kier molecular flexibility index (Phi) is 6.78. The van der Waals surface area contributed by atoms with Crippen molar-refractivity contribution in [1.82, 2.24) is 0 Å². The molecule has 5 heteroatoms. The lowest BCUT2D eigenvalue weighted by Crippen LogP contribution is -2.14. The molecule has 0 radical (unpaired) electrons. The number of anilines is 1. The molecular weight excluding hydrogens is 386 g/mol. The summed E-state index contributed by atoms with van der Waals surface area (Å²) in [5, 5.41) is 3.55. The Balaban J connectivity index is 1.83. The van der Waals surface area contributed by atoms with Crippen molar-refractivity contribution in [3.8, 4) is 11.5 Å². The molecule has 3 aromatic rings. The van der Waals surface area contributed by atoms with Gasteiger partial charge in [0.25, 0.3) is 5.91 Å². The second-order valence-electron chi connectivity index (χ2n) is 6.70. The molecule has 150 valence electrons.